The van der Waals surface area contributed by atoms with Crippen molar-refractivity contribution < 1.29 is 13.9 Å². The standard InChI is InChI=1S/C15H14O3/c1-15(2)9-18-12-6-5-10(8-11(12)15)14(16)13-4-3-7-17-13/h3-8H,9H2,1-2H3. The second-order valence-corrected chi connectivity index (χ2v) is 5.19. The highest BCUT2D eigenvalue weighted by molar-refractivity contribution is 6.07. The molecule has 1 aliphatic heterocycles. The number of benzene rings is 1. The maximum absolute atomic E-state index is 12.2. The molecule has 0 bridgehead atoms. The van der Waals surface area contributed by atoms with E-state index in [1.54, 1.807) is 18.2 Å². The molecular formula is C15H14O3. The van der Waals surface area contributed by atoms with E-state index in [1.165, 1.54) is 6.26 Å². The van der Waals surface area contributed by atoms with Crippen LogP contribution in [0.4, 0.5) is 0 Å². The number of rotatable bonds is 2. The average molecular weight is 242 g/mol. The zero-order chi connectivity index (χ0) is 12.8. The predicted octanol–water partition coefficient (Wildman–Crippen LogP) is 3.18. The number of hydrogen-bond acceptors (Lipinski definition) is 3. The molecule has 0 saturated heterocycles. The van der Waals surface area contributed by atoms with Gasteiger partial charge in [-0.05, 0) is 30.3 Å². The molecule has 0 spiro atoms. The van der Waals surface area contributed by atoms with E-state index in [1.807, 2.05) is 12.1 Å². The van der Waals surface area contributed by atoms with Gasteiger partial charge in [-0.2, -0.15) is 0 Å². The van der Waals surface area contributed by atoms with Crippen molar-refractivity contribution in [2.75, 3.05) is 6.61 Å². The van der Waals surface area contributed by atoms with Gasteiger partial charge in [0, 0.05) is 16.5 Å². The van der Waals surface area contributed by atoms with Crippen molar-refractivity contribution in [2.24, 2.45) is 0 Å². The molecule has 0 aliphatic carbocycles. The number of ketones is 1. The highest BCUT2D eigenvalue weighted by Crippen LogP contribution is 2.38. The fraction of sp³-hybridized carbons (Fsp3) is 0.267. The van der Waals surface area contributed by atoms with Gasteiger partial charge < -0.3 is 9.15 Å². The lowest BCUT2D eigenvalue weighted by molar-refractivity contribution is 0.101. The van der Waals surface area contributed by atoms with Gasteiger partial charge in [-0.15, -0.1) is 0 Å². The van der Waals surface area contributed by atoms with Crippen LogP contribution < -0.4 is 4.74 Å². The number of ether oxygens (including phenoxy) is 1. The Kier molecular flexibility index (Phi) is 2.30. The summed E-state index contributed by atoms with van der Waals surface area (Å²) in [5.41, 5.74) is 1.68. The molecule has 2 aromatic rings. The van der Waals surface area contributed by atoms with Crippen molar-refractivity contribution in [1.82, 2.24) is 0 Å². The van der Waals surface area contributed by atoms with Crippen molar-refractivity contribution >= 4 is 5.78 Å². The molecule has 92 valence electrons. The molecular weight excluding hydrogens is 228 g/mol. The first-order valence-corrected chi connectivity index (χ1v) is 5.93. The van der Waals surface area contributed by atoms with Crippen LogP contribution >= 0.6 is 0 Å². The Morgan fingerprint density at radius 1 is 1.28 bits per heavy atom. The van der Waals surface area contributed by atoms with Crippen LogP contribution in [0.2, 0.25) is 0 Å². The van der Waals surface area contributed by atoms with Crippen LogP contribution in [-0.4, -0.2) is 12.4 Å². The largest absolute Gasteiger partial charge is 0.492 e. The summed E-state index contributed by atoms with van der Waals surface area (Å²) in [6.07, 6.45) is 1.51. The number of fused-ring (bicyclic) bond motifs is 1. The maximum atomic E-state index is 12.2. The summed E-state index contributed by atoms with van der Waals surface area (Å²) in [4.78, 5) is 12.2. The first kappa shape index (κ1) is 11.1. The molecule has 0 saturated carbocycles. The van der Waals surface area contributed by atoms with E-state index in [4.69, 9.17) is 9.15 Å². The molecule has 1 aliphatic rings. The molecule has 0 atom stereocenters. The van der Waals surface area contributed by atoms with Gasteiger partial charge in [0.15, 0.2) is 5.76 Å². The minimum absolute atomic E-state index is 0.0468. The van der Waals surface area contributed by atoms with Gasteiger partial charge in [-0.3, -0.25) is 4.79 Å². The minimum atomic E-state index is -0.0921. The predicted molar refractivity (Wildman–Crippen MR) is 67.1 cm³/mol. The van der Waals surface area contributed by atoms with Gasteiger partial charge in [0.05, 0.1) is 12.9 Å². The van der Waals surface area contributed by atoms with Crippen molar-refractivity contribution in [3.05, 3.63) is 53.5 Å². The molecule has 0 fully saturated rings. The molecule has 0 N–H and O–H groups in total. The summed E-state index contributed by atoms with van der Waals surface area (Å²) >= 11 is 0. The van der Waals surface area contributed by atoms with E-state index >= 15 is 0 Å². The summed E-state index contributed by atoms with van der Waals surface area (Å²) in [6, 6.07) is 8.95. The minimum Gasteiger partial charge on any atom is -0.492 e. The Bertz CT molecular complexity index is 594. The van der Waals surface area contributed by atoms with E-state index in [0.29, 0.717) is 17.9 Å². The molecule has 0 radical (unpaired) electrons. The number of hydrogen-bond donors (Lipinski definition) is 0. The maximum Gasteiger partial charge on any atom is 0.228 e. The van der Waals surface area contributed by atoms with Crippen molar-refractivity contribution in [2.45, 2.75) is 19.3 Å². The summed E-state index contributed by atoms with van der Waals surface area (Å²) in [5.74, 6) is 1.15. The average Bonchev–Trinajstić information content (AvgIpc) is 2.97. The van der Waals surface area contributed by atoms with Gasteiger partial charge >= 0.3 is 0 Å². The van der Waals surface area contributed by atoms with E-state index < -0.39 is 0 Å². The summed E-state index contributed by atoms with van der Waals surface area (Å²) in [5, 5.41) is 0. The molecule has 1 aromatic heterocycles. The zero-order valence-corrected chi connectivity index (χ0v) is 10.4. The van der Waals surface area contributed by atoms with Gasteiger partial charge in [0.2, 0.25) is 5.78 Å². The smallest absolute Gasteiger partial charge is 0.228 e. The van der Waals surface area contributed by atoms with Crippen LogP contribution in [0.3, 0.4) is 0 Å². The van der Waals surface area contributed by atoms with Crippen LogP contribution in [0.1, 0.15) is 35.5 Å². The first-order chi connectivity index (χ1) is 8.58. The number of furan rings is 1. The normalized spacial score (nSPS) is 16.1. The van der Waals surface area contributed by atoms with E-state index in [0.717, 1.165) is 11.3 Å². The zero-order valence-electron chi connectivity index (χ0n) is 10.4. The molecule has 3 heteroatoms. The Morgan fingerprint density at radius 2 is 2.11 bits per heavy atom. The Hall–Kier alpha value is -2.03. The topological polar surface area (TPSA) is 39.4 Å². The molecule has 18 heavy (non-hydrogen) atoms. The first-order valence-electron chi connectivity index (χ1n) is 5.93. The van der Waals surface area contributed by atoms with Crippen LogP contribution in [0.5, 0.6) is 5.75 Å². The third-order valence-electron chi connectivity index (χ3n) is 3.30. The highest BCUT2D eigenvalue weighted by atomic mass is 16.5. The molecule has 2 heterocycles. The van der Waals surface area contributed by atoms with Crippen LogP contribution in [0.15, 0.2) is 41.0 Å². The SMILES string of the molecule is CC1(C)COc2ccc(C(=O)c3ccco3)cc21. The number of carbonyl (C=O) groups excluding carboxylic acids is 1. The Balaban J connectivity index is 2.03. The lowest BCUT2D eigenvalue weighted by Gasteiger charge is -2.15. The fourth-order valence-electron chi connectivity index (χ4n) is 2.21. The molecule has 3 rings (SSSR count). The third-order valence-corrected chi connectivity index (χ3v) is 3.30. The highest BCUT2D eigenvalue weighted by Gasteiger charge is 2.32. The summed E-state index contributed by atoms with van der Waals surface area (Å²) in [7, 11) is 0. The molecule has 3 nitrogen and oxygen atoms in total. The number of carbonyl (C=O) groups is 1. The van der Waals surface area contributed by atoms with Crippen molar-refractivity contribution in [1.29, 1.82) is 0 Å². The monoisotopic (exact) mass is 242 g/mol. The van der Waals surface area contributed by atoms with Crippen LogP contribution in [0.25, 0.3) is 0 Å². The lowest BCUT2D eigenvalue weighted by Crippen LogP contribution is -2.18. The second kappa shape index (κ2) is 3.73. The van der Waals surface area contributed by atoms with Gasteiger partial charge in [-0.25, -0.2) is 0 Å². The van der Waals surface area contributed by atoms with Crippen molar-refractivity contribution in [3.63, 3.8) is 0 Å². The van der Waals surface area contributed by atoms with Crippen LogP contribution in [-0.2, 0) is 5.41 Å². The van der Waals surface area contributed by atoms with Gasteiger partial charge in [0.25, 0.3) is 0 Å². The lowest BCUT2D eigenvalue weighted by atomic mass is 9.85. The van der Waals surface area contributed by atoms with Crippen LogP contribution in [0, 0.1) is 0 Å². The van der Waals surface area contributed by atoms with E-state index in [9.17, 15) is 4.79 Å². The van der Waals surface area contributed by atoms with Crippen molar-refractivity contribution in [3.8, 4) is 5.75 Å². The summed E-state index contributed by atoms with van der Waals surface area (Å²) in [6.45, 7) is 4.88. The van der Waals surface area contributed by atoms with Gasteiger partial charge in [0.1, 0.15) is 5.75 Å². The molecule has 1 aromatic carbocycles. The fourth-order valence-corrected chi connectivity index (χ4v) is 2.21. The van der Waals surface area contributed by atoms with Gasteiger partial charge in [-0.1, -0.05) is 13.8 Å². The third kappa shape index (κ3) is 1.63. The van der Waals surface area contributed by atoms with E-state index in [2.05, 4.69) is 13.8 Å². The molecule has 0 unspecified atom stereocenters. The Morgan fingerprint density at radius 3 is 2.83 bits per heavy atom. The Labute approximate surface area is 105 Å². The summed E-state index contributed by atoms with van der Waals surface area (Å²) < 4.78 is 10.7. The quantitative estimate of drug-likeness (QED) is 0.759. The second-order valence-electron chi connectivity index (χ2n) is 5.19. The molecule has 0 amide bonds. The van der Waals surface area contributed by atoms with E-state index in [-0.39, 0.29) is 11.2 Å².